The maximum Gasteiger partial charge on any atom is 0.173 e. The first kappa shape index (κ1) is 13.3. The zero-order chi connectivity index (χ0) is 12.8. The van der Waals surface area contributed by atoms with Crippen molar-refractivity contribution in [2.24, 2.45) is 5.92 Å². The summed E-state index contributed by atoms with van der Waals surface area (Å²) in [7, 11) is 2.05. The van der Waals surface area contributed by atoms with Crippen molar-refractivity contribution >= 4 is 23.0 Å². The van der Waals surface area contributed by atoms with Crippen molar-refractivity contribution in [1.82, 2.24) is 4.90 Å². The van der Waals surface area contributed by atoms with E-state index in [-0.39, 0.29) is 0 Å². The van der Waals surface area contributed by atoms with E-state index >= 15 is 0 Å². The topological polar surface area (TPSA) is 24.5 Å². The molecule has 4 heteroatoms. The molecule has 0 amide bonds. The molecule has 0 aliphatic carbocycles. The van der Waals surface area contributed by atoms with Gasteiger partial charge in [0.05, 0.1) is 0 Å². The van der Waals surface area contributed by atoms with Gasteiger partial charge in [-0.2, -0.15) is 0 Å². The Hall–Kier alpha value is -1.13. The second kappa shape index (κ2) is 6.71. The Balaban J connectivity index is 1.81. The summed E-state index contributed by atoms with van der Waals surface area (Å²) in [5.74, 6) is 0.694. The van der Waals surface area contributed by atoms with Crippen LogP contribution in [0.4, 0.5) is 5.69 Å². The van der Waals surface area contributed by atoms with Gasteiger partial charge >= 0.3 is 0 Å². The third-order valence-electron chi connectivity index (χ3n) is 3.24. The van der Waals surface area contributed by atoms with Crippen LogP contribution in [0, 0.1) is 5.92 Å². The Labute approximate surface area is 114 Å². The van der Waals surface area contributed by atoms with Crippen molar-refractivity contribution in [3.8, 4) is 0 Å². The Morgan fingerprint density at radius 3 is 2.67 bits per heavy atom. The number of nitrogens with zero attached hydrogens (tertiary/aromatic N) is 1. The van der Waals surface area contributed by atoms with Crippen LogP contribution in [0.1, 0.15) is 12.8 Å². The highest BCUT2D eigenvalue weighted by molar-refractivity contribution is 7.80. The van der Waals surface area contributed by atoms with Crippen LogP contribution >= 0.6 is 12.2 Å². The molecule has 1 saturated heterocycles. The van der Waals surface area contributed by atoms with Gasteiger partial charge in [-0.05, 0) is 43.1 Å². The number of nitrogens with one attached hydrogen (secondary N) is 1. The summed E-state index contributed by atoms with van der Waals surface area (Å²) in [5, 5.41) is 4.04. The van der Waals surface area contributed by atoms with E-state index in [4.69, 9.17) is 17.0 Å². The highest BCUT2D eigenvalue weighted by atomic mass is 32.1. The number of rotatable bonds is 3. The van der Waals surface area contributed by atoms with E-state index in [1.54, 1.807) is 0 Å². The predicted octanol–water partition coefficient (Wildman–Crippen LogP) is 2.74. The smallest absolute Gasteiger partial charge is 0.173 e. The highest BCUT2D eigenvalue weighted by Crippen LogP contribution is 2.16. The summed E-state index contributed by atoms with van der Waals surface area (Å²) in [6, 6.07) is 10.1. The average Bonchev–Trinajstić information content (AvgIpc) is 2.41. The lowest BCUT2D eigenvalue weighted by atomic mass is 10.0. The molecule has 1 heterocycles. The van der Waals surface area contributed by atoms with Gasteiger partial charge < -0.3 is 15.0 Å². The van der Waals surface area contributed by atoms with E-state index in [0.717, 1.165) is 43.4 Å². The van der Waals surface area contributed by atoms with E-state index < -0.39 is 0 Å². The number of hydrogen-bond acceptors (Lipinski definition) is 2. The number of para-hydroxylation sites is 1. The van der Waals surface area contributed by atoms with Crippen molar-refractivity contribution in [1.29, 1.82) is 0 Å². The van der Waals surface area contributed by atoms with Crippen LogP contribution in [0.5, 0.6) is 0 Å². The normalized spacial score (nSPS) is 16.3. The Kier molecular flexibility index (Phi) is 4.96. The average molecular weight is 264 g/mol. The first-order chi connectivity index (χ1) is 8.75. The number of anilines is 1. The number of hydrogen-bond donors (Lipinski definition) is 1. The van der Waals surface area contributed by atoms with Gasteiger partial charge in [-0.3, -0.25) is 0 Å². The minimum absolute atomic E-state index is 0.694. The summed E-state index contributed by atoms with van der Waals surface area (Å²) >= 11 is 5.41. The number of benzene rings is 1. The molecule has 0 atom stereocenters. The first-order valence-corrected chi connectivity index (χ1v) is 6.81. The Morgan fingerprint density at radius 2 is 2.00 bits per heavy atom. The number of thiocarbonyl (C=S) groups is 1. The summed E-state index contributed by atoms with van der Waals surface area (Å²) in [5.41, 5.74) is 1.04. The quantitative estimate of drug-likeness (QED) is 0.849. The molecule has 0 spiro atoms. The predicted molar refractivity (Wildman–Crippen MR) is 78.8 cm³/mol. The van der Waals surface area contributed by atoms with Crippen LogP contribution in [0.25, 0.3) is 0 Å². The molecule has 1 N–H and O–H groups in total. The Morgan fingerprint density at radius 1 is 1.33 bits per heavy atom. The van der Waals surface area contributed by atoms with Crippen molar-refractivity contribution in [3.63, 3.8) is 0 Å². The van der Waals surface area contributed by atoms with Gasteiger partial charge in [-0.15, -0.1) is 0 Å². The molecule has 3 nitrogen and oxygen atoms in total. The lowest BCUT2D eigenvalue weighted by Crippen LogP contribution is -2.36. The Bertz CT molecular complexity index is 377. The largest absolute Gasteiger partial charge is 0.381 e. The van der Waals surface area contributed by atoms with Gasteiger partial charge in [0, 0.05) is 32.5 Å². The van der Waals surface area contributed by atoms with Gasteiger partial charge in [0.25, 0.3) is 0 Å². The first-order valence-electron chi connectivity index (χ1n) is 6.40. The van der Waals surface area contributed by atoms with E-state index in [1.165, 1.54) is 0 Å². The molecule has 98 valence electrons. The molecule has 0 unspecified atom stereocenters. The van der Waals surface area contributed by atoms with E-state index in [1.807, 2.05) is 37.4 Å². The molecule has 0 aromatic heterocycles. The van der Waals surface area contributed by atoms with Crippen molar-refractivity contribution in [2.75, 3.05) is 32.1 Å². The standard InChI is InChI=1S/C14H20N2OS/c1-16(11-12-7-9-17-10-8-12)14(18)15-13-5-3-2-4-6-13/h2-6,12H,7-11H2,1H3,(H,15,18). The highest BCUT2D eigenvalue weighted by Gasteiger charge is 2.16. The minimum Gasteiger partial charge on any atom is -0.381 e. The van der Waals surface area contributed by atoms with Crippen LogP contribution < -0.4 is 5.32 Å². The molecule has 1 aliphatic rings. The molecule has 1 fully saturated rings. The molecular weight excluding hydrogens is 244 g/mol. The molecule has 1 aromatic carbocycles. The molecule has 1 aliphatic heterocycles. The third kappa shape index (κ3) is 3.96. The maximum atomic E-state index is 5.41. The van der Waals surface area contributed by atoms with E-state index in [0.29, 0.717) is 5.92 Å². The maximum absolute atomic E-state index is 5.41. The summed E-state index contributed by atoms with van der Waals surface area (Å²) in [6.45, 7) is 2.77. The van der Waals surface area contributed by atoms with Gasteiger partial charge in [-0.25, -0.2) is 0 Å². The van der Waals surface area contributed by atoms with Gasteiger partial charge in [0.15, 0.2) is 5.11 Å². The molecule has 2 rings (SSSR count). The van der Waals surface area contributed by atoms with E-state index in [2.05, 4.69) is 10.2 Å². The summed E-state index contributed by atoms with van der Waals surface area (Å²) in [6.07, 6.45) is 2.27. The van der Waals surface area contributed by atoms with E-state index in [9.17, 15) is 0 Å². The zero-order valence-electron chi connectivity index (χ0n) is 10.8. The summed E-state index contributed by atoms with van der Waals surface area (Å²) in [4.78, 5) is 2.12. The molecule has 0 bridgehead atoms. The van der Waals surface area contributed by atoms with Gasteiger partial charge in [0.1, 0.15) is 0 Å². The molecule has 0 radical (unpaired) electrons. The van der Waals surface area contributed by atoms with Crippen LogP contribution in [0.15, 0.2) is 30.3 Å². The second-order valence-corrected chi connectivity index (χ2v) is 5.12. The lowest BCUT2D eigenvalue weighted by Gasteiger charge is -2.28. The van der Waals surface area contributed by atoms with Crippen LogP contribution in [-0.4, -0.2) is 36.8 Å². The monoisotopic (exact) mass is 264 g/mol. The van der Waals surface area contributed by atoms with Crippen LogP contribution in [-0.2, 0) is 4.74 Å². The second-order valence-electron chi connectivity index (χ2n) is 4.73. The lowest BCUT2D eigenvalue weighted by molar-refractivity contribution is 0.0614. The molecule has 1 aromatic rings. The van der Waals surface area contributed by atoms with Gasteiger partial charge in [-0.1, -0.05) is 18.2 Å². The van der Waals surface area contributed by atoms with Crippen molar-refractivity contribution in [2.45, 2.75) is 12.8 Å². The van der Waals surface area contributed by atoms with Gasteiger partial charge in [0.2, 0.25) is 0 Å². The fourth-order valence-corrected chi connectivity index (χ4v) is 2.33. The fraction of sp³-hybridized carbons (Fsp3) is 0.500. The molecular formula is C14H20N2OS. The SMILES string of the molecule is CN(CC1CCOCC1)C(=S)Nc1ccccc1. The van der Waals surface area contributed by atoms with Crippen LogP contribution in [0.2, 0.25) is 0 Å². The third-order valence-corrected chi connectivity index (χ3v) is 3.66. The van der Waals surface area contributed by atoms with Crippen molar-refractivity contribution in [3.05, 3.63) is 30.3 Å². The zero-order valence-corrected chi connectivity index (χ0v) is 11.6. The van der Waals surface area contributed by atoms with Crippen LogP contribution in [0.3, 0.4) is 0 Å². The number of ether oxygens (including phenoxy) is 1. The minimum atomic E-state index is 0.694. The summed E-state index contributed by atoms with van der Waals surface area (Å²) < 4.78 is 5.37. The molecule has 0 saturated carbocycles. The molecule has 18 heavy (non-hydrogen) atoms. The van der Waals surface area contributed by atoms with Crippen molar-refractivity contribution < 1.29 is 4.74 Å². The fourth-order valence-electron chi connectivity index (χ4n) is 2.14.